The number of imide groups is 2. The molecule has 1 unspecified atom stereocenters. The van der Waals surface area contributed by atoms with Crippen molar-refractivity contribution >= 4 is 17.8 Å². The van der Waals surface area contributed by atoms with Crippen molar-refractivity contribution in [1.29, 1.82) is 0 Å². The number of urea groups is 1. The van der Waals surface area contributed by atoms with E-state index in [1.165, 1.54) is 0 Å². The fourth-order valence-corrected chi connectivity index (χ4v) is 2.21. The Labute approximate surface area is 114 Å². The molecule has 0 bridgehead atoms. The zero-order chi connectivity index (χ0) is 14.6. The highest BCUT2D eigenvalue weighted by atomic mass is 16.2. The summed E-state index contributed by atoms with van der Waals surface area (Å²) < 4.78 is 0. The number of rotatable bonds is 6. The fourth-order valence-electron chi connectivity index (χ4n) is 2.21. The largest absolute Gasteiger partial charge is 0.330 e. The molecule has 0 aromatic carbocycles. The van der Waals surface area contributed by atoms with Crippen molar-refractivity contribution in [1.82, 2.24) is 15.1 Å². The number of nitrogens with zero attached hydrogens (tertiary/aromatic N) is 2. The van der Waals surface area contributed by atoms with Gasteiger partial charge in [0.1, 0.15) is 5.92 Å². The van der Waals surface area contributed by atoms with Gasteiger partial charge in [0.15, 0.2) is 0 Å². The van der Waals surface area contributed by atoms with Crippen LogP contribution in [0.1, 0.15) is 27.7 Å². The number of amides is 4. The molecule has 1 aliphatic heterocycles. The van der Waals surface area contributed by atoms with Gasteiger partial charge >= 0.3 is 6.03 Å². The van der Waals surface area contributed by atoms with Crippen molar-refractivity contribution in [3.63, 3.8) is 0 Å². The van der Waals surface area contributed by atoms with E-state index in [0.29, 0.717) is 13.1 Å². The average Bonchev–Trinajstić information content (AvgIpc) is 2.32. The van der Waals surface area contributed by atoms with E-state index < -0.39 is 17.9 Å². The Balaban J connectivity index is 2.73. The molecule has 1 aliphatic rings. The second-order valence-electron chi connectivity index (χ2n) is 5.03. The lowest BCUT2D eigenvalue weighted by molar-refractivity contribution is -0.144. The summed E-state index contributed by atoms with van der Waals surface area (Å²) in [6.07, 6.45) is 0. The normalized spacial score (nSPS) is 20.4. The molecule has 1 saturated heterocycles. The Hall–Kier alpha value is -1.43. The third-order valence-corrected chi connectivity index (χ3v) is 3.49. The summed E-state index contributed by atoms with van der Waals surface area (Å²) in [5.74, 6) is -1.73. The van der Waals surface area contributed by atoms with E-state index in [1.54, 1.807) is 13.8 Å². The number of nitrogens with one attached hydrogen (secondary N) is 1. The first-order valence-corrected chi connectivity index (χ1v) is 6.80. The first-order valence-electron chi connectivity index (χ1n) is 6.80. The Morgan fingerprint density at radius 3 is 2.26 bits per heavy atom. The van der Waals surface area contributed by atoms with Gasteiger partial charge in [-0.05, 0) is 19.0 Å². The van der Waals surface area contributed by atoms with Gasteiger partial charge in [-0.25, -0.2) is 4.79 Å². The molecule has 19 heavy (non-hydrogen) atoms. The van der Waals surface area contributed by atoms with Crippen molar-refractivity contribution < 1.29 is 14.4 Å². The molecular weight excluding hydrogens is 246 g/mol. The van der Waals surface area contributed by atoms with Gasteiger partial charge in [0.25, 0.3) is 0 Å². The van der Waals surface area contributed by atoms with E-state index in [1.807, 2.05) is 13.8 Å². The highest BCUT2D eigenvalue weighted by Gasteiger charge is 2.41. The minimum atomic E-state index is -0.755. The summed E-state index contributed by atoms with van der Waals surface area (Å²) in [7, 11) is 0. The van der Waals surface area contributed by atoms with E-state index in [2.05, 4.69) is 10.2 Å². The third kappa shape index (κ3) is 3.53. The average molecular weight is 269 g/mol. The maximum absolute atomic E-state index is 12.2. The maximum atomic E-state index is 12.2. The third-order valence-electron chi connectivity index (χ3n) is 3.49. The first-order chi connectivity index (χ1) is 8.92. The van der Waals surface area contributed by atoms with Gasteiger partial charge in [-0.3, -0.25) is 19.8 Å². The predicted molar refractivity (Wildman–Crippen MR) is 71.4 cm³/mol. The summed E-state index contributed by atoms with van der Waals surface area (Å²) in [4.78, 5) is 38.9. The van der Waals surface area contributed by atoms with Gasteiger partial charge in [0.2, 0.25) is 11.8 Å². The molecule has 1 atom stereocenters. The molecule has 0 saturated carbocycles. The summed E-state index contributed by atoms with van der Waals surface area (Å²) in [6, 6.07) is -0.598. The number of hydrogen-bond donors (Lipinski definition) is 1. The quantitative estimate of drug-likeness (QED) is 0.720. The van der Waals surface area contributed by atoms with Crippen LogP contribution in [0.25, 0.3) is 0 Å². The first kappa shape index (κ1) is 15.6. The van der Waals surface area contributed by atoms with E-state index in [4.69, 9.17) is 0 Å². The van der Waals surface area contributed by atoms with Crippen molar-refractivity contribution in [2.24, 2.45) is 11.8 Å². The van der Waals surface area contributed by atoms with Crippen molar-refractivity contribution in [2.45, 2.75) is 27.7 Å². The van der Waals surface area contributed by atoms with Crippen LogP contribution in [0.3, 0.4) is 0 Å². The van der Waals surface area contributed by atoms with Crippen molar-refractivity contribution in [3.05, 3.63) is 0 Å². The Kier molecular flexibility index (Phi) is 5.47. The SMILES string of the molecule is CCN(CC)CCN1C(=O)NC(=O)C(C(C)C)C1=O. The Morgan fingerprint density at radius 1 is 1.21 bits per heavy atom. The zero-order valence-electron chi connectivity index (χ0n) is 12.1. The highest BCUT2D eigenvalue weighted by Crippen LogP contribution is 2.18. The number of hydrogen-bond acceptors (Lipinski definition) is 4. The summed E-state index contributed by atoms with van der Waals surface area (Å²) in [5.41, 5.74) is 0. The molecule has 0 aromatic rings. The van der Waals surface area contributed by atoms with Crippen molar-refractivity contribution in [2.75, 3.05) is 26.2 Å². The number of carbonyl (C=O) groups is 3. The van der Waals surface area contributed by atoms with E-state index in [0.717, 1.165) is 18.0 Å². The zero-order valence-corrected chi connectivity index (χ0v) is 12.1. The van der Waals surface area contributed by atoms with Crippen LogP contribution in [-0.2, 0) is 9.59 Å². The Bertz CT molecular complexity index is 364. The van der Waals surface area contributed by atoms with Crippen LogP contribution >= 0.6 is 0 Å². The lowest BCUT2D eigenvalue weighted by atomic mass is 9.92. The van der Waals surface area contributed by atoms with Crippen LogP contribution in [0, 0.1) is 11.8 Å². The van der Waals surface area contributed by atoms with Gasteiger partial charge in [-0.15, -0.1) is 0 Å². The molecule has 1 fully saturated rings. The van der Waals surface area contributed by atoms with Crippen LogP contribution < -0.4 is 5.32 Å². The molecule has 1 rings (SSSR count). The molecule has 108 valence electrons. The number of carbonyl (C=O) groups excluding carboxylic acids is 3. The summed E-state index contributed by atoms with van der Waals surface area (Å²) >= 11 is 0. The van der Waals surface area contributed by atoms with Crippen LogP contribution in [-0.4, -0.2) is 53.8 Å². The molecule has 0 spiro atoms. The summed E-state index contributed by atoms with van der Waals surface area (Å²) in [6.45, 7) is 10.4. The topological polar surface area (TPSA) is 69.7 Å². The Morgan fingerprint density at radius 2 is 1.79 bits per heavy atom. The van der Waals surface area contributed by atoms with Crippen LogP contribution in [0.2, 0.25) is 0 Å². The highest BCUT2D eigenvalue weighted by molar-refractivity contribution is 6.16. The molecule has 6 nitrogen and oxygen atoms in total. The van der Waals surface area contributed by atoms with Gasteiger partial charge in [0.05, 0.1) is 0 Å². The van der Waals surface area contributed by atoms with Gasteiger partial charge in [0, 0.05) is 13.1 Å². The number of barbiturate groups is 1. The predicted octanol–water partition coefficient (Wildman–Crippen LogP) is 0.679. The van der Waals surface area contributed by atoms with Gasteiger partial charge in [-0.2, -0.15) is 0 Å². The fraction of sp³-hybridized carbons (Fsp3) is 0.769. The molecule has 6 heteroatoms. The van der Waals surface area contributed by atoms with E-state index in [9.17, 15) is 14.4 Å². The molecule has 0 radical (unpaired) electrons. The second-order valence-corrected chi connectivity index (χ2v) is 5.03. The van der Waals surface area contributed by atoms with Crippen molar-refractivity contribution in [3.8, 4) is 0 Å². The second kappa shape index (κ2) is 6.65. The molecule has 1 N–H and O–H groups in total. The summed E-state index contributed by atoms with van der Waals surface area (Å²) in [5, 5.41) is 2.26. The maximum Gasteiger partial charge on any atom is 0.330 e. The molecule has 1 heterocycles. The lowest BCUT2D eigenvalue weighted by Crippen LogP contribution is -2.60. The molecule has 0 aliphatic carbocycles. The monoisotopic (exact) mass is 269 g/mol. The number of likely N-dealkylation sites (N-methyl/N-ethyl adjacent to an activating group) is 1. The van der Waals surface area contributed by atoms with Gasteiger partial charge in [-0.1, -0.05) is 27.7 Å². The lowest BCUT2D eigenvalue weighted by Gasteiger charge is -2.33. The smallest absolute Gasteiger partial charge is 0.302 e. The van der Waals surface area contributed by atoms with E-state index in [-0.39, 0.29) is 11.8 Å². The molecule has 0 aromatic heterocycles. The minimum Gasteiger partial charge on any atom is -0.302 e. The van der Waals surface area contributed by atoms with Gasteiger partial charge < -0.3 is 4.90 Å². The molecule has 4 amide bonds. The van der Waals surface area contributed by atoms with Crippen LogP contribution in [0.15, 0.2) is 0 Å². The van der Waals surface area contributed by atoms with Crippen LogP contribution in [0.4, 0.5) is 4.79 Å². The van der Waals surface area contributed by atoms with E-state index >= 15 is 0 Å². The molecular formula is C13H23N3O3. The minimum absolute atomic E-state index is 0.114. The standard InChI is InChI=1S/C13H23N3O3/c1-5-15(6-2)7-8-16-12(18)10(9(3)4)11(17)14-13(16)19/h9-10H,5-8H2,1-4H3,(H,14,17,19). The van der Waals surface area contributed by atoms with Crippen LogP contribution in [0.5, 0.6) is 0 Å².